The molecule has 0 radical (unpaired) electrons. The number of nitrogens with two attached hydrogens (primary N) is 1. The van der Waals surface area contributed by atoms with Crippen LogP contribution in [0.15, 0.2) is 0 Å². The molecule has 0 aromatic rings. The fourth-order valence-corrected chi connectivity index (χ4v) is 1.09. The molecule has 0 aliphatic heterocycles. The van der Waals surface area contributed by atoms with Crippen LogP contribution in [0.5, 0.6) is 0 Å². The van der Waals surface area contributed by atoms with E-state index < -0.39 is 0 Å². The number of ether oxygens (including phenoxy) is 1. The number of hydrogen-bond donors (Lipinski definition) is 1. The minimum absolute atomic E-state index is 0.160. The maximum atomic E-state index is 5.65. The van der Waals surface area contributed by atoms with E-state index >= 15 is 0 Å². The van der Waals surface area contributed by atoms with Crippen LogP contribution in [0.25, 0.3) is 0 Å². The molecule has 0 unspecified atom stereocenters. The SMILES string of the molecule is CC(C)O[C@H](CN)CN(C)C(C)C. The van der Waals surface area contributed by atoms with Crippen LogP contribution in [0.3, 0.4) is 0 Å². The van der Waals surface area contributed by atoms with Crippen molar-refractivity contribution in [1.82, 2.24) is 4.90 Å². The van der Waals surface area contributed by atoms with Crippen LogP contribution in [0.4, 0.5) is 0 Å². The van der Waals surface area contributed by atoms with Gasteiger partial charge in [0.15, 0.2) is 0 Å². The Balaban J connectivity index is 3.83. The number of nitrogens with zero attached hydrogens (tertiary/aromatic N) is 1. The molecule has 80 valence electrons. The van der Waals surface area contributed by atoms with Gasteiger partial charge in [0.05, 0.1) is 12.2 Å². The van der Waals surface area contributed by atoms with Crippen LogP contribution in [-0.2, 0) is 4.74 Å². The third kappa shape index (κ3) is 6.02. The summed E-state index contributed by atoms with van der Waals surface area (Å²) in [5.74, 6) is 0. The fourth-order valence-electron chi connectivity index (χ4n) is 1.09. The first-order chi connectivity index (χ1) is 5.97. The van der Waals surface area contributed by atoms with Gasteiger partial charge < -0.3 is 15.4 Å². The topological polar surface area (TPSA) is 38.5 Å². The second-order valence-corrected chi connectivity index (χ2v) is 4.08. The molecule has 3 heteroatoms. The highest BCUT2D eigenvalue weighted by Crippen LogP contribution is 2.01. The van der Waals surface area contributed by atoms with E-state index in [0.717, 1.165) is 6.54 Å². The van der Waals surface area contributed by atoms with Crippen LogP contribution in [0.2, 0.25) is 0 Å². The van der Waals surface area contributed by atoms with Crippen molar-refractivity contribution in [2.75, 3.05) is 20.1 Å². The Labute approximate surface area is 82.2 Å². The first-order valence-electron chi connectivity index (χ1n) is 5.03. The Hall–Kier alpha value is -0.120. The van der Waals surface area contributed by atoms with Crippen LogP contribution in [-0.4, -0.2) is 43.3 Å². The van der Waals surface area contributed by atoms with E-state index in [0.29, 0.717) is 12.6 Å². The van der Waals surface area contributed by atoms with E-state index in [1.54, 1.807) is 0 Å². The van der Waals surface area contributed by atoms with E-state index in [-0.39, 0.29) is 12.2 Å². The molecule has 1 atom stereocenters. The van der Waals surface area contributed by atoms with Crippen molar-refractivity contribution in [1.29, 1.82) is 0 Å². The molecule has 3 nitrogen and oxygen atoms in total. The highest BCUT2D eigenvalue weighted by atomic mass is 16.5. The molecule has 0 aromatic heterocycles. The molecular weight excluding hydrogens is 164 g/mol. The van der Waals surface area contributed by atoms with E-state index in [2.05, 4.69) is 25.8 Å². The van der Waals surface area contributed by atoms with Crippen LogP contribution in [0.1, 0.15) is 27.7 Å². The van der Waals surface area contributed by atoms with Crippen molar-refractivity contribution in [2.45, 2.75) is 45.9 Å². The molecule has 0 aliphatic rings. The normalized spacial score (nSPS) is 14.5. The minimum Gasteiger partial charge on any atom is -0.373 e. The van der Waals surface area contributed by atoms with Gasteiger partial charge in [-0.25, -0.2) is 0 Å². The Morgan fingerprint density at radius 1 is 1.23 bits per heavy atom. The predicted octanol–water partition coefficient (Wildman–Crippen LogP) is 1.08. The summed E-state index contributed by atoms with van der Waals surface area (Å²) >= 11 is 0. The number of rotatable bonds is 6. The first kappa shape index (κ1) is 12.9. The molecule has 2 N–H and O–H groups in total. The van der Waals surface area contributed by atoms with Gasteiger partial charge in [0.25, 0.3) is 0 Å². The van der Waals surface area contributed by atoms with Gasteiger partial charge in [-0.1, -0.05) is 0 Å². The molecular formula is C10H24N2O. The van der Waals surface area contributed by atoms with Gasteiger partial charge in [-0.15, -0.1) is 0 Å². The lowest BCUT2D eigenvalue weighted by Crippen LogP contribution is -2.40. The van der Waals surface area contributed by atoms with Crippen molar-refractivity contribution in [3.05, 3.63) is 0 Å². The zero-order valence-electron chi connectivity index (χ0n) is 9.58. The minimum atomic E-state index is 0.160. The molecule has 0 saturated carbocycles. The monoisotopic (exact) mass is 188 g/mol. The molecule has 0 aliphatic carbocycles. The van der Waals surface area contributed by atoms with Crippen LogP contribution in [0, 0.1) is 0 Å². The second kappa shape index (κ2) is 6.35. The summed E-state index contributed by atoms with van der Waals surface area (Å²) in [6.45, 7) is 9.92. The molecule has 0 spiro atoms. The lowest BCUT2D eigenvalue weighted by atomic mass is 10.2. The van der Waals surface area contributed by atoms with Gasteiger partial charge in [-0.05, 0) is 34.7 Å². The van der Waals surface area contributed by atoms with Gasteiger partial charge in [-0.3, -0.25) is 0 Å². The van der Waals surface area contributed by atoms with Gasteiger partial charge >= 0.3 is 0 Å². The van der Waals surface area contributed by atoms with Crippen molar-refractivity contribution in [3.8, 4) is 0 Å². The maximum absolute atomic E-state index is 5.65. The molecule has 0 aromatic carbocycles. The standard InChI is InChI=1S/C10H24N2O/c1-8(2)12(5)7-10(6-11)13-9(3)4/h8-10H,6-7,11H2,1-5H3/t10-/m1/s1. The third-order valence-corrected chi connectivity index (χ3v) is 2.10. The van der Waals surface area contributed by atoms with Crippen molar-refractivity contribution >= 4 is 0 Å². The van der Waals surface area contributed by atoms with Crippen molar-refractivity contribution in [2.24, 2.45) is 5.73 Å². The smallest absolute Gasteiger partial charge is 0.0827 e. The molecule has 0 fully saturated rings. The van der Waals surface area contributed by atoms with Crippen LogP contribution < -0.4 is 5.73 Å². The first-order valence-corrected chi connectivity index (χ1v) is 5.03. The molecule has 13 heavy (non-hydrogen) atoms. The average molecular weight is 188 g/mol. The van der Waals surface area contributed by atoms with Crippen molar-refractivity contribution in [3.63, 3.8) is 0 Å². The van der Waals surface area contributed by atoms with Gasteiger partial charge in [-0.2, -0.15) is 0 Å². The average Bonchev–Trinajstić information content (AvgIpc) is 2.02. The highest BCUT2D eigenvalue weighted by molar-refractivity contribution is 4.67. The molecule has 0 heterocycles. The highest BCUT2D eigenvalue weighted by Gasteiger charge is 2.13. The summed E-state index contributed by atoms with van der Waals surface area (Å²) in [5, 5.41) is 0. The number of hydrogen-bond acceptors (Lipinski definition) is 3. The molecule has 0 bridgehead atoms. The lowest BCUT2D eigenvalue weighted by molar-refractivity contribution is -0.00686. The van der Waals surface area contributed by atoms with E-state index in [1.165, 1.54) is 0 Å². The van der Waals surface area contributed by atoms with Gasteiger partial charge in [0.1, 0.15) is 0 Å². The van der Waals surface area contributed by atoms with Gasteiger partial charge in [0, 0.05) is 19.1 Å². The summed E-state index contributed by atoms with van der Waals surface area (Å²) in [5.41, 5.74) is 5.62. The zero-order chi connectivity index (χ0) is 10.4. The lowest BCUT2D eigenvalue weighted by Gasteiger charge is -2.27. The molecule has 0 saturated heterocycles. The summed E-state index contributed by atoms with van der Waals surface area (Å²) < 4.78 is 5.65. The Morgan fingerprint density at radius 3 is 2.08 bits per heavy atom. The quantitative estimate of drug-likeness (QED) is 0.678. The largest absolute Gasteiger partial charge is 0.373 e. The maximum Gasteiger partial charge on any atom is 0.0827 e. The Morgan fingerprint density at radius 2 is 1.77 bits per heavy atom. The Kier molecular flexibility index (Phi) is 6.29. The van der Waals surface area contributed by atoms with E-state index in [9.17, 15) is 0 Å². The van der Waals surface area contributed by atoms with Gasteiger partial charge in [0.2, 0.25) is 0 Å². The second-order valence-electron chi connectivity index (χ2n) is 4.08. The summed E-state index contributed by atoms with van der Waals surface area (Å²) in [4.78, 5) is 2.25. The fraction of sp³-hybridized carbons (Fsp3) is 1.00. The summed E-state index contributed by atoms with van der Waals surface area (Å²) in [6.07, 6.45) is 0.418. The molecule has 0 amide bonds. The van der Waals surface area contributed by atoms with E-state index in [1.807, 2.05) is 13.8 Å². The Bertz CT molecular complexity index is 126. The number of likely N-dealkylation sites (N-methyl/N-ethyl adjacent to an activating group) is 1. The predicted molar refractivity (Wildman–Crippen MR) is 56.8 cm³/mol. The van der Waals surface area contributed by atoms with Crippen LogP contribution >= 0.6 is 0 Å². The summed E-state index contributed by atoms with van der Waals surface area (Å²) in [7, 11) is 2.09. The third-order valence-electron chi connectivity index (χ3n) is 2.10. The molecule has 0 rings (SSSR count). The van der Waals surface area contributed by atoms with E-state index in [4.69, 9.17) is 10.5 Å². The van der Waals surface area contributed by atoms with Crippen molar-refractivity contribution < 1.29 is 4.74 Å². The zero-order valence-corrected chi connectivity index (χ0v) is 9.58. The summed E-state index contributed by atoms with van der Waals surface area (Å²) in [6, 6.07) is 0.546.